The van der Waals surface area contributed by atoms with E-state index in [1.54, 1.807) is 20.8 Å². The summed E-state index contributed by atoms with van der Waals surface area (Å²) in [5.74, 6) is -2.68. The van der Waals surface area contributed by atoms with Crippen molar-refractivity contribution in [1.29, 1.82) is 0 Å². The molecule has 18 nitrogen and oxygen atoms in total. The fraction of sp³-hybridized carbons (Fsp3) is 0.720. The van der Waals surface area contributed by atoms with Gasteiger partial charge in [-0.2, -0.15) is 13.5 Å². The van der Waals surface area contributed by atoms with Gasteiger partial charge in [-0.25, -0.2) is 24.0 Å². The highest BCUT2D eigenvalue weighted by atomic mass is 32.3. The van der Waals surface area contributed by atoms with Crippen molar-refractivity contribution in [3.05, 3.63) is 22.1 Å². The van der Waals surface area contributed by atoms with Gasteiger partial charge >= 0.3 is 34.3 Å². The van der Waals surface area contributed by atoms with Crippen molar-refractivity contribution in [2.24, 2.45) is 17.1 Å². The Morgan fingerprint density at radius 1 is 1.05 bits per heavy atom. The lowest BCUT2D eigenvalue weighted by Gasteiger charge is -2.33. The molecule has 0 unspecified atom stereocenters. The van der Waals surface area contributed by atoms with E-state index in [2.05, 4.69) is 15.2 Å². The lowest BCUT2D eigenvalue weighted by Crippen LogP contribution is -2.48. The van der Waals surface area contributed by atoms with Gasteiger partial charge in [-0.05, 0) is 67.2 Å². The normalized spacial score (nSPS) is 17.4. The average molecular weight is 653 g/mol. The number of alkyl carbamates (subject to hydrolysis) is 1. The number of nitrogens with zero attached hydrogens (tertiary/aromatic N) is 1. The molecule has 1 heterocycles. The summed E-state index contributed by atoms with van der Waals surface area (Å²) in [6.45, 7) is 8.18. The maximum atomic E-state index is 12.5. The van der Waals surface area contributed by atoms with E-state index in [4.69, 9.17) is 32.9 Å². The Morgan fingerprint density at radius 2 is 1.68 bits per heavy atom. The second-order valence-corrected chi connectivity index (χ2v) is 12.8. The Labute approximate surface area is 254 Å². The molecular formula is C25H40N4O14S. The van der Waals surface area contributed by atoms with E-state index in [1.807, 2.05) is 0 Å². The van der Waals surface area contributed by atoms with Crippen molar-refractivity contribution < 1.29 is 59.2 Å². The summed E-state index contributed by atoms with van der Waals surface area (Å²) in [5, 5.41) is 2.93. The minimum Gasteiger partial charge on any atom is -0.457 e. The van der Waals surface area contributed by atoms with Crippen molar-refractivity contribution >= 4 is 34.4 Å². The first-order chi connectivity index (χ1) is 20.3. The minimum atomic E-state index is -4.87. The number of aryl methyl sites for hydroxylation is 1. The minimum absolute atomic E-state index is 0.0135. The number of carbonyl (C=O) groups is 4. The van der Waals surface area contributed by atoms with Gasteiger partial charge < -0.3 is 29.4 Å². The van der Waals surface area contributed by atoms with Crippen LogP contribution in [-0.4, -0.2) is 68.9 Å². The summed E-state index contributed by atoms with van der Waals surface area (Å²) in [5.41, 5.74) is 5.48. The predicted molar refractivity (Wildman–Crippen MR) is 147 cm³/mol. The molecule has 4 N–H and O–H groups in total. The number of rotatable bonds is 14. The first kappa shape index (κ1) is 36.5. The van der Waals surface area contributed by atoms with Gasteiger partial charge in [0.05, 0.1) is 24.7 Å². The maximum Gasteiger partial charge on any atom is 0.519 e. The topological polar surface area (TPSA) is 245 Å². The summed E-state index contributed by atoms with van der Waals surface area (Å²) in [7, 11) is -4.87. The number of nitrogens with one attached hydrogen (secondary N) is 2. The first-order valence-corrected chi connectivity index (χ1v) is 15.0. The van der Waals surface area contributed by atoms with E-state index < -0.39 is 76.4 Å². The quantitative estimate of drug-likeness (QED) is 0.146. The molecule has 0 radical (unpaired) electrons. The summed E-state index contributed by atoms with van der Waals surface area (Å²) < 4.78 is 54.2. The third kappa shape index (κ3) is 12.1. The Kier molecular flexibility index (Phi) is 12.7. The standard InChI is InChI=1S/C25H40N4O14S/c1-15-18(41-23(34)40-15)13-37-20(31)25(5,6)14-39-44(35,36)43-29(21(26)32)17-9-7-16(8-10-17)19(30)28-38-12-11-27-22(33)42-24(2,3)4/h16-17H,7-14H2,1-6H3,(H2,26,32)(H,27,33)(H,28,30)/t16-,17-. The van der Waals surface area contributed by atoms with Crippen molar-refractivity contribution in [2.45, 2.75) is 85.5 Å². The van der Waals surface area contributed by atoms with Gasteiger partial charge in [0.15, 0.2) is 18.1 Å². The molecule has 4 amide bonds. The van der Waals surface area contributed by atoms with Crippen molar-refractivity contribution in [1.82, 2.24) is 15.9 Å². The zero-order valence-electron chi connectivity index (χ0n) is 25.5. The van der Waals surface area contributed by atoms with E-state index >= 15 is 0 Å². The van der Waals surface area contributed by atoms with Crippen LogP contribution < -0.4 is 22.4 Å². The highest BCUT2D eigenvalue weighted by Gasteiger charge is 2.37. The molecule has 0 aromatic carbocycles. The molecular weight excluding hydrogens is 612 g/mol. The zero-order chi connectivity index (χ0) is 33.3. The largest absolute Gasteiger partial charge is 0.519 e. The molecule has 0 bridgehead atoms. The third-order valence-corrected chi connectivity index (χ3v) is 6.87. The summed E-state index contributed by atoms with van der Waals surface area (Å²) >= 11 is 0. The second-order valence-electron chi connectivity index (χ2n) is 11.6. The van der Waals surface area contributed by atoms with Crippen LogP contribution in [-0.2, 0) is 49.4 Å². The van der Waals surface area contributed by atoms with Crippen LogP contribution in [0.5, 0.6) is 0 Å². The number of hydrogen-bond donors (Lipinski definition) is 3. The summed E-state index contributed by atoms with van der Waals surface area (Å²) in [6, 6.07) is -2.00. The number of urea groups is 1. The highest BCUT2D eigenvalue weighted by Crippen LogP contribution is 2.29. The van der Waals surface area contributed by atoms with E-state index in [0.717, 1.165) is 0 Å². The lowest BCUT2D eigenvalue weighted by molar-refractivity contribution is -0.158. The van der Waals surface area contributed by atoms with Gasteiger partial charge in [-0.15, -0.1) is 4.28 Å². The average Bonchev–Trinajstić information content (AvgIpc) is 3.24. The summed E-state index contributed by atoms with van der Waals surface area (Å²) in [4.78, 5) is 64.8. The number of ether oxygens (including phenoxy) is 2. The van der Waals surface area contributed by atoms with Gasteiger partial charge in [-0.1, -0.05) is 0 Å². The molecule has 250 valence electrons. The Morgan fingerprint density at radius 3 is 2.23 bits per heavy atom. The van der Waals surface area contributed by atoms with Crippen molar-refractivity contribution in [3.63, 3.8) is 0 Å². The molecule has 1 aliphatic carbocycles. The number of hydrogen-bond acceptors (Lipinski definition) is 14. The van der Waals surface area contributed by atoms with Crippen LogP contribution >= 0.6 is 0 Å². The number of amides is 4. The van der Waals surface area contributed by atoms with Crippen LogP contribution in [0.25, 0.3) is 0 Å². The SMILES string of the molecule is Cc1oc(=O)oc1COC(=O)C(C)(C)COS(=O)(=O)ON(C(N)=O)[C@H]1CC[C@H](C(=O)NOCCNC(=O)OC(C)(C)C)CC1. The van der Waals surface area contributed by atoms with Gasteiger partial charge in [-0.3, -0.25) is 14.4 Å². The number of esters is 1. The molecule has 1 fully saturated rings. The van der Waals surface area contributed by atoms with Crippen LogP contribution in [0.4, 0.5) is 9.59 Å². The molecule has 44 heavy (non-hydrogen) atoms. The fourth-order valence-corrected chi connectivity index (χ4v) is 4.68. The van der Waals surface area contributed by atoms with Gasteiger partial charge in [0.2, 0.25) is 5.91 Å². The molecule has 19 heteroatoms. The number of nitrogens with two attached hydrogens (primary N) is 1. The Bertz CT molecular complexity index is 1320. The van der Waals surface area contributed by atoms with Crippen LogP contribution in [0.1, 0.15) is 71.8 Å². The highest BCUT2D eigenvalue weighted by molar-refractivity contribution is 7.81. The molecule has 1 saturated carbocycles. The number of carbonyl (C=O) groups excluding carboxylic acids is 4. The van der Waals surface area contributed by atoms with E-state index in [-0.39, 0.29) is 50.4 Å². The maximum absolute atomic E-state index is 12.5. The fourth-order valence-electron chi connectivity index (χ4n) is 3.80. The Balaban J connectivity index is 1.79. The zero-order valence-corrected chi connectivity index (χ0v) is 26.3. The lowest BCUT2D eigenvalue weighted by atomic mass is 9.85. The van der Waals surface area contributed by atoms with Crippen LogP contribution in [0.15, 0.2) is 13.6 Å². The molecule has 1 aromatic rings. The first-order valence-electron chi connectivity index (χ1n) is 13.6. The van der Waals surface area contributed by atoms with Gasteiger partial charge in [0.25, 0.3) is 0 Å². The summed E-state index contributed by atoms with van der Waals surface area (Å²) in [6.07, 6.45) is 0.202. The monoisotopic (exact) mass is 652 g/mol. The molecule has 1 aliphatic rings. The van der Waals surface area contributed by atoms with Crippen LogP contribution in [0, 0.1) is 18.3 Å². The third-order valence-electron chi connectivity index (χ3n) is 6.12. The number of hydroxylamine groups is 3. The second kappa shape index (κ2) is 15.4. The van der Waals surface area contributed by atoms with Crippen LogP contribution in [0.2, 0.25) is 0 Å². The van der Waals surface area contributed by atoms with Crippen molar-refractivity contribution in [2.75, 3.05) is 19.8 Å². The smallest absolute Gasteiger partial charge is 0.457 e. The van der Waals surface area contributed by atoms with Gasteiger partial charge in [0, 0.05) is 12.5 Å². The molecule has 0 saturated heterocycles. The van der Waals surface area contributed by atoms with E-state index in [1.165, 1.54) is 20.8 Å². The van der Waals surface area contributed by atoms with Crippen molar-refractivity contribution in [3.8, 4) is 0 Å². The van der Waals surface area contributed by atoms with E-state index in [0.29, 0.717) is 5.06 Å². The molecule has 2 rings (SSSR count). The Hall–Kier alpha value is -3.68. The van der Waals surface area contributed by atoms with E-state index in [9.17, 15) is 32.4 Å². The molecule has 0 atom stereocenters. The number of primary amides is 1. The van der Waals surface area contributed by atoms with Crippen LogP contribution in [0.3, 0.4) is 0 Å². The molecule has 0 spiro atoms. The predicted octanol–water partition coefficient (Wildman–Crippen LogP) is 1.32. The molecule has 1 aromatic heterocycles. The van der Waals surface area contributed by atoms with Gasteiger partial charge in [0.1, 0.15) is 5.60 Å². The molecule has 0 aliphatic heterocycles.